The molecule has 4 N–H and O–H groups in total. The third kappa shape index (κ3) is 6.09. The van der Waals surface area contributed by atoms with Crippen molar-refractivity contribution in [3.05, 3.63) is 89.4 Å². The molecule has 0 saturated carbocycles. The van der Waals surface area contributed by atoms with Gasteiger partial charge in [0.05, 0.1) is 28.7 Å². The van der Waals surface area contributed by atoms with Gasteiger partial charge >= 0.3 is 5.97 Å². The number of nitrogens with zero attached hydrogens (tertiary/aromatic N) is 2. The number of likely N-dealkylation sites (tertiary alicyclic amines) is 1. The summed E-state index contributed by atoms with van der Waals surface area (Å²) in [5, 5.41) is 14.3. The van der Waals surface area contributed by atoms with Crippen LogP contribution < -0.4 is 15.8 Å². The fourth-order valence-corrected chi connectivity index (χ4v) is 7.60. The molecule has 1 aromatic heterocycles. The fourth-order valence-electron chi connectivity index (χ4n) is 6.09. The molecule has 242 valence electrons. The monoisotopic (exact) mass is 648 g/mol. The van der Waals surface area contributed by atoms with Crippen molar-refractivity contribution in [3.8, 4) is 5.75 Å². The maximum Gasteiger partial charge on any atom is 0.309 e. The molecule has 3 unspecified atom stereocenters. The van der Waals surface area contributed by atoms with Crippen molar-refractivity contribution in [2.24, 2.45) is 5.92 Å². The lowest BCUT2D eigenvalue weighted by atomic mass is 9.92. The Morgan fingerprint density at radius 1 is 1.15 bits per heavy atom. The number of hydrogen-bond acceptors (Lipinski definition) is 8. The van der Waals surface area contributed by atoms with Crippen LogP contribution in [0, 0.1) is 18.7 Å². The highest BCUT2D eigenvalue weighted by molar-refractivity contribution is 7.92. The molecule has 2 heterocycles. The average molecular weight is 649 g/mol. The fraction of sp³-hybridized carbons (Fsp3) is 0.324. The summed E-state index contributed by atoms with van der Waals surface area (Å²) < 4.78 is 47.4. The summed E-state index contributed by atoms with van der Waals surface area (Å²) in [6, 6.07) is 13.9. The number of carbonyl (C=O) groups is 2. The van der Waals surface area contributed by atoms with Crippen molar-refractivity contribution < 1.29 is 32.2 Å². The zero-order chi connectivity index (χ0) is 33.3. The van der Waals surface area contributed by atoms with Crippen LogP contribution in [-0.4, -0.2) is 53.7 Å². The molecule has 1 aliphatic heterocycles. The number of aryl methyl sites for hydroxylation is 1. The standard InChI is InChI=1S/C34H37FN4O6S/c1-5-45-28-18-22(9-12-27(28)35)29(38-23-10-11-24-21(17-23)13-15-37-32(24)36)33(40)39-16-14-26(34(41)42)30(39)25-8-6-7-20(4)31(25)46(43,44)19(2)3/h6-13,15,17-19,26,29-30,38H,5,14,16H2,1-4H3,(H2,36,37)(H,41,42). The second kappa shape index (κ2) is 13.0. The number of amides is 1. The highest BCUT2D eigenvalue weighted by atomic mass is 32.2. The van der Waals surface area contributed by atoms with Crippen molar-refractivity contribution in [1.29, 1.82) is 0 Å². The number of carbonyl (C=O) groups excluding carboxylic acids is 1. The van der Waals surface area contributed by atoms with Gasteiger partial charge in [-0.3, -0.25) is 9.59 Å². The Hall–Kier alpha value is -4.71. The van der Waals surface area contributed by atoms with Crippen LogP contribution in [0.5, 0.6) is 5.75 Å². The predicted molar refractivity (Wildman–Crippen MR) is 174 cm³/mol. The molecule has 1 amide bonds. The normalized spacial score (nSPS) is 17.3. The zero-order valence-corrected chi connectivity index (χ0v) is 26.8. The van der Waals surface area contributed by atoms with E-state index in [2.05, 4.69) is 10.3 Å². The largest absolute Gasteiger partial charge is 0.491 e. The first-order chi connectivity index (χ1) is 21.8. The number of anilines is 2. The third-order valence-corrected chi connectivity index (χ3v) is 10.8. The number of ether oxygens (including phenoxy) is 1. The summed E-state index contributed by atoms with van der Waals surface area (Å²) in [6.45, 7) is 6.77. The van der Waals surface area contributed by atoms with E-state index >= 15 is 0 Å². The van der Waals surface area contributed by atoms with E-state index in [4.69, 9.17) is 10.5 Å². The lowest BCUT2D eigenvalue weighted by molar-refractivity contribution is -0.143. The van der Waals surface area contributed by atoms with Gasteiger partial charge in [-0.05, 0) is 92.6 Å². The van der Waals surface area contributed by atoms with Crippen LogP contribution in [0.15, 0.2) is 71.8 Å². The average Bonchev–Trinajstić information content (AvgIpc) is 3.46. The zero-order valence-electron chi connectivity index (χ0n) is 26.0. The number of hydrogen-bond donors (Lipinski definition) is 3. The number of nitrogens with two attached hydrogens (primary N) is 1. The van der Waals surface area contributed by atoms with Crippen LogP contribution >= 0.6 is 0 Å². The minimum absolute atomic E-state index is 0.0339. The number of carboxylic acids is 1. The summed E-state index contributed by atoms with van der Waals surface area (Å²) in [6.07, 6.45) is 1.69. The molecular weight excluding hydrogens is 611 g/mol. The van der Waals surface area contributed by atoms with Crippen molar-refractivity contribution in [3.63, 3.8) is 0 Å². The van der Waals surface area contributed by atoms with Crippen molar-refractivity contribution in [2.75, 3.05) is 24.2 Å². The van der Waals surface area contributed by atoms with Crippen LogP contribution in [-0.2, 0) is 19.4 Å². The Bertz CT molecular complexity index is 1920. The lowest BCUT2D eigenvalue weighted by Gasteiger charge is -2.33. The predicted octanol–water partition coefficient (Wildman–Crippen LogP) is 5.67. The van der Waals surface area contributed by atoms with E-state index in [0.717, 1.165) is 10.8 Å². The van der Waals surface area contributed by atoms with Gasteiger partial charge < -0.3 is 25.8 Å². The Labute approximate surface area is 267 Å². The molecule has 0 radical (unpaired) electrons. The van der Waals surface area contributed by atoms with E-state index in [0.29, 0.717) is 22.6 Å². The minimum Gasteiger partial charge on any atom is -0.491 e. The van der Waals surface area contributed by atoms with Gasteiger partial charge in [0.2, 0.25) is 5.91 Å². The molecule has 12 heteroatoms. The van der Waals surface area contributed by atoms with E-state index in [-0.39, 0.29) is 35.8 Å². The van der Waals surface area contributed by atoms with Crippen LogP contribution in [0.25, 0.3) is 10.8 Å². The Morgan fingerprint density at radius 3 is 2.61 bits per heavy atom. The number of halogens is 1. The van der Waals surface area contributed by atoms with Gasteiger partial charge in [0.25, 0.3) is 0 Å². The topological polar surface area (TPSA) is 152 Å². The first-order valence-corrected chi connectivity index (χ1v) is 16.6. The van der Waals surface area contributed by atoms with Gasteiger partial charge in [-0.1, -0.05) is 24.3 Å². The van der Waals surface area contributed by atoms with Gasteiger partial charge in [-0.2, -0.15) is 0 Å². The number of aliphatic carboxylic acids is 1. The number of pyridine rings is 1. The molecule has 0 spiro atoms. The number of nitrogen functional groups attached to an aromatic ring is 1. The van der Waals surface area contributed by atoms with E-state index in [1.807, 2.05) is 0 Å². The minimum atomic E-state index is -3.86. The molecule has 46 heavy (non-hydrogen) atoms. The lowest BCUT2D eigenvalue weighted by Crippen LogP contribution is -2.40. The first-order valence-electron chi connectivity index (χ1n) is 15.0. The smallest absolute Gasteiger partial charge is 0.309 e. The summed E-state index contributed by atoms with van der Waals surface area (Å²) >= 11 is 0. The summed E-state index contributed by atoms with van der Waals surface area (Å²) in [5.74, 6) is -3.00. The molecule has 5 rings (SSSR count). The molecule has 0 aliphatic carbocycles. The second-order valence-electron chi connectivity index (χ2n) is 11.6. The van der Waals surface area contributed by atoms with E-state index in [1.165, 1.54) is 23.1 Å². The quantitative estimate of drug-likeness (QED) is 0.197. The van der Waals surface area contributed by atoms with Gasteiger partial charge in [0.15, 0.2) is 21.4 Å². The van der Waals surface area contributed by atoms with Gasteiger partial charge in [-0.25, -0.2) is 17.8 Å². The highest BCUT2D eigenvalue weighted by Gasteiger charge is 2.46. The number of carboxylic acid groups (broad SMARTS) is 1. The Morgan fingerprint density at radius 2 is 1.91 bits per heavy atom. The highest BCUT2D eigenvalue weighted by Crippen LogP contribution is 2.43. The maximum absolute atomic E-state index is 14.7. The number of rotatable bonds is 10. The van der Waals surface area contributed by atoms with Crippen molar-refractivity contribution in [2.45, 2.75) is 56.3 Å². The number of nitrogens with one attached hydrogen (secondary N) is 1. The Kier molecular flexibility index (Phi) is 9.20. The van der Waals surface area contributed by atoms with E-state index in [9.17, 15) is 27.5 Å². The van der Waals surface area contributed by atoms with Crippen molar-refractivity contribution >= 4 is 44.0 Å². The second-order valence-corrected chi connectivity index (χ2v) is 14.1. The molecule has 3 atom stereocenters. The first kappa shape index (κ1) is 32.7. The number of fused-ring (bicyclic) bond motifs is 1. The van der Waals surface area contributed by atoms with Crippen LogP contribution in [0.4, 0.5) is 15.9 Å². The maximum atomic E-state index is 14.7. The van der Waals surface area contributed by atoms with Gasteiger partial charge in [0, 0.05) is 23.8 Å². The molecule has 1 saturated heterocycles. The number of aromatic nitrogens is 1. The molecule has 10 nitrogen and oxygen atoms in total. The molecule has 1 fully saturated rings. The van der Waals surface area contributed by atoms with E-state index < -0.39 is 50.8 Å². The Balaban J connectivity index is 1.65. The van der Waals surface area contributed by atoms with Crippen LogP contribution in [0.1, 0.15) is 56.0 Å². The molecule has 4 aromatic rings. The summed E-state index contributed by atoms with van der Waals surface area (Å²) in [4.78, 5) is 32.9. The van der Waals surface area contributed by atoms with Crippen LogP contribution in [0.3, 0.4) is 0 Å². The third-order valence-electron chi connectivity index (χ3n) is 8.41. The number of sulfone groups is 1. The molecule has 3 aromatic carbocycles. The summed E-state index contributed by atoms with van der Waals surface area (Å²) in [7, 11) is -3.86. The van der Waals surface area contributed by atoms with Crippen LogP contribution in [0.2, 0.25) is 0 Å². The van der Waals surface area contributed by atoms with Gasteiger partial charge in [-0.15, -0.1) is 0 Å². The molecular formula is C34H37FN4O6S. The molecule has 0 bridgehead atoms. The SMILES string of the molecule is CCOc1cc(C(Nc2ccc3c(N)nccc3c2)C(=O)N2CCC(C(=O)O)C2c2cccc(C)c2S(=O)(=O)C(C)C)ccc1F. The van der Waals surface area contributed by atoms with Crippen molar-refractivity contribution in [1.82, 2.24) is 9.88 Å². The molecule has 1 aliphatic rings. The van der Waals surface area contributed by atoms with Gasteiger partial charge in [0.1, 0.15) is 11.9 Å². The van der Waals surface area contributed by atoms with E-state index in [1.54, 1.807) is 76.4 Å². The number of benzene rings is 3. The summed E-state index contributed by atoms with van der Waals surface area (Å²) in [5.41, 5.74) is 7.68.